The largest absolute Gasteiger partial charge is 0.284 e. The Bertz CT molecular complexity index is 360. The molecule has 0 atom stereocenters. The Balaban J connectivity index is 0.00000144. The van der Waals surface area contributed by atoms with Crippen molar-refractivity contribution in [2.75, 3.05) is 4.72 Å². The van der Waals surface area contributed by atoms with Gasteiger partial charge in [0.15, 0.2) is 0 Å². The fourth-order valence-electron chi connectivity index (χ4n) is 0.809. The molecule has 1 N–H and O–H groups in total. The first-order valence-corrected chi connectivity index (χ1v) is 4.82. The van der Waals surface area contributed by atoms with Crippen LogP contribution in [0.2, 0.25) is 5.02 Å². The van der Waals surface area contributed by atoms with Gasteiger partial charge in [-0.25, -0.2) is 8.42 Å². The summed E-state index contributed by atoms with van der Waals surface area (Å²) >= 11 is 5.74. The van der Waals surface area contributed by atoms with Crippen LogP contribution in [0.4, 0.5) is 5.69 Å². The first-order valence-electron chi connectivity index (χ1n) is 3.27. The molecule has 13 heavy (non-hydrogen) atoms. The SMILES string of the molecule is Cc1ccc(N[SH](=O)=O)c(Cl)c1.[Na]. The molecule has 67 valence electrons. The fraction of sp³-hybridized carbons (Fsp3) is 0.143. The van der Waals surface area contributed by atoms with Gasteiger partial charge in [-0.3, -0.25) is 4.72 Å². The van der Waals surface area contributed by atoms with E-state index in [-0.39, 0.29) is 29.6 Å². The van der Waals surface area contributed by atoms with Gasteiger partial charge in [-0.15, -0.1) is 0 Å². The Morgan fingerprint density at radius 1 is 1.38 bits per heavy atom. The summed E-state index contributed by atoms with van der Waals surface area (Å²) < 4.78 is 22.8. The number of nitrogens with one attached hydrogen (secondary N) is 1. The van der Waals surface area contributed by atoms with Gasteiger partial charge < -0.3 is 0 Å². The van der Waals surface area contributed by atoms with Crippen molar-refractivity contribution < 1.29 is 8.42 Å². The molecule has 1 rings (SSSR count). The quantitative estimate of drug-likeness (QED) is 0.590. The molecular weight excluding hydrogens is 221 g/mol. The van der Waals surface area contributed by atoms with Gasteiger partial charge in [-0.1, -0.05) is 17.7 Å². The Kier molecular flexibility index (Phi) is 6.00. The van der Waals surface area contributed by atoms with Crippen LogP contribution in [0.5, 0.6) is 0 Å². The van der Waals surface area contributed by atoms with E-state index in [4.69, 9.17) is 11.6 Å². The second kappa shape index (κ2) is 5.88. The summed E-state index contributed by atoms with van der Waals surface area (Å²) in [6.45, 7) is 1.88. The first-order chi connectivity index (χ1) is 5.59. The number of hydrogen-bond donors (Lipinski definition) is 2. The molecule has 0 fully saturated rings. The molecule has 0 aliphatic rings. The topological polar surface area (TPSA) is 46.2 Å². The van der Waals surface area contributed by atoms with Gasteiger partial charge in [-0.2, -0.15) is 0 Å². The minimum atomic E-state index is -2.64. The maximum Gasteiger partial charge on any atom is 0.222 e. The Morgan fingerprint density at radius 3 is 2.46 bits per heavy atom. The predicted molar refractivity (Wildman–Crippen MR) is 55.9 cm³/mol. The van der Waals surface area contributed by atoms with Gasteiger partial charge >= 0.3 is 0 Å². The fourth-order valence-corrected chi connectivity index (χ4v) is 1.55. The minimum Gasteiger partial charge on any atom is -0.284 e. The van der Waals surface area contributed by atoms with Crippen molar-refractivity contribution in [1.82, 2.24) is 0 Å². The normalized spacial score (nSPS) is 9.46. The maximum atomic E-state index is 10.3. The number of benzene rings is 1. The zero-order valence-electron chi connectivity index (χ0n) is 7.37. The minimum absolute atomic E-state index is 0. The average molecular weight is 229 g/mol. The van der Waals surface area contributed by atoms with Crippen LogP contribution < -0.4 is 4.72 Å². The van der Waals surface area contributed by atoms with Gasteiger partial charge in [0.2, 0.25) is 10.9 Å². The first kappa shape index (κ1) is 13.3. The van der Waals surface area contributed by atoms with Gasteiger partial charge in [0.25, 0.3) is 0 Å². The Morgan fingerprint density at radius 2 is 2.00 bits per heavy atom. The van der Waals surface area contributed by atoms with Crippen molar-refractivity contribution in [3.8, 4) is 0 Å². The van der Waals surface area contributed by atoms with E-state index in [1.807, 2.05) is 6.92 Å². The number of hydrogen-bond acceptors (Lipinski definition) is 2. The Labute approximate surface area is 106 Å². The van der Waals surface area contributed by atoms with E-state index in [1.165, 1.54) is 0 Å². The maximum absolute atomic E-state index is 10.3. The van der Waals surface area contributed by atoms with Crippen LogP contribution in [0.1, 0.15) is 5.56 Å². The van der Waals surface area contributed by atoms with Gasteiger partial charge in [0, 0.05) is 29.6 Å². The van der Waals surface area contributed by atoms with Crippen LogP contribution in [-0.4, -0.2) is 38.0 Å². The average Bonchev–Trinajstić information content (AvgIpc) is 1.94. The molecule has 0 heterocycles. The second-order valence-corrected chi connectivity index (χ2v) is 3.50. The zero-order valence-corrected chi connectivity index (χ0v) is 11.0. The van der Waals surface area contributed by atoms with Crippen LogP contribution in [0.15, 0.2) is 18.2 Å². The van der Waals surface area contributed by atoms with Crippen molar-refractivity contribution >= 4 is 57.7 Å². The molecule has 0 spiro atoms. The van der Waals surface area contributed by atoms with Crippen molar-refractivity contribution in [2.24, 2.45) is 0 Å². The van der Waals surface area contributed by atoms with E-state index in [0.29, 0.717) is 10.7 Å². The molecule has 0 amide bonds. The predicted octanol–water partition coefficient (Wildman–Crippen LogP) is 1.21. The zero-order chi connectivity index (χ0) is 9.14. The van der Waals surface area contributed by atoms with E-state index in [0.717, 1.165) is 5.56 Å². The van der Waals surface area contributed by atoms with E-state index in [1.54, 1.807) is 18.2 Å². The summed E-state index contributed by atoms with van der Waals surface area (Å²) in [5.74, 6) is 0. The third kappa shape index (κ3) is 4.33. The molecule has 6 heteroatoms. The molecule has 1 aromatic carbocycles. The third-order valence-corrected chi connectivity index (χ3v) is 2.07. The summed E-state index contributed by atoms with van der Waals surface area (Å²) in [6.07, 6.45) is 0. The van der Waals surface area contributed by atoms with Crippen molar-refractivity contribution in [1.29, 1.82) is 0 Å². The van der Waals surface area contributed by atoms with E-state index in [2.05, 4.69) is 4.72 Å². The van der Waals surface area contributed by atoms with Crippen LogP contribution >= 0.6 is 11.6 Å². The summed E-state index contributed by atoms with van der Waals surface area (Å²) in [7, 11) is -2.64. The van der Waals surface area contributed by atoms with Crippen LogP contribution in [0.3, 0.4) is 0 Å². The number of rotatable bonds is 2. The number of halogens is 1. The second-order valence-electron chi connectivity index (χ2n) is 2.35. The van der Waals surface area contributed by atoms with E-state index >= 15 is 0 Å². The molecular formula is C7H8ClNNaO2S. The summed E-state index contributed by atoms with van der Waals surface area (Å²) in [6, 6.07) is 5.11. The molecule has 3 nitrogen and oxygen atoms in total. The van der Waals surface area contributed by atoms with Crippen molar-refractivity contribution in [2.45, 2.75) is 6.92 Å². The van der Waals surface area contributed by atoms with Crippen molar-refractivity contribution in [3.63, 3.8) is 0 Å². The smallest absolute Gasteiger partial charge is 0.222 e. The molecule has 0 aliphatic carbocycles. The molecule has 0 saturated carbocycles. The molecule has 0 aromatic heterocycles. The Hall–Kier alpha value is 0.260. The van der Waals surface area contributed by atoms with Gasteiger partial charge in [0.1, 0.15) is 0 Å². The number of thiol groups is 1. The molecule has 1 radical (unpaired) electrons. The molecule has 1 aromatic rings. The summed E-state index contributed by atoms with van der Waals surface area (Å²) in [5, 5.41) is 0.411. The van der Waals surface area contributed by atoms with Gasteiger partial charge in [-0.05, 0) is 24.6 Å². The number of aryl methyl sites for hydroxylation is 1. The van der Waals surface area contributed by atoms with E-state index in [9.17, 15) is 8.42 Å². The summed E-state index contributed by atoms with van der Waals surface area (Å²) in [4.78, 5) is 0. The molecule has 0 bridgehead atoms. The molecule has 0 unspecified atom stereocenters. The third-order valence-electron chi connectivity index (χ3n) is 1.34. The van der Waals surface area contributed by atoms with Crippen LogP contribution in [0.25, 0.3) is 0 Å². The van der Waals surface area contributed by atoms with Crippen molar-refractivity contribution in [3.05, 3.63) is 28.8 Å². The standard InChI is InChI=1S/C7H8ClNO2S.Na/c1-5-2-3-7(6(8)4-5)9-12(10)11;/h2-4,12H,1H3,(H,9,10,11);. The number of anilines is 1. The van der Waals surface area contributed by atoms with E-state index < -0.39 is 10.9 Å². The monoisotopic (exact) mass is 228 g/mol. The van der Waals surface area contributed by atoms with Gasteiger partial charge in [0.05, 0.1) is 10.7 Å². The molecule has 0 aliphatic heterocycles. The van der Waals surface area contributed by atoms with Crippen LogP contribution in [-0.2, 0) is 10.9 Å². The summed E-state index contributed by atoms with van der Waals surface area (Å²) in [5.41, 5.74) is 1.41. The van der Waals surface area contributed by atoms with Crippen LogP contribution in [0, 0.1) is 6.92 Å². The molecule has 0 saturated heterocycles.